The number of nitrogens with zero attached hydrogens (tertiary/aromatic N) is 5. The molecule has 0 amide bonds. The van der Waals surface area contributed by atoms with Crippen LogP contribution in [-0.4, -0.2) is 25.3 Å². The van der Waals surface area contributed by atoms with Crippen LogP contribution in [0.1, 0.15) is 11.1 Å². The highest BCUT2D eigenvalue weighted by Gasteiger charge is 2.16. The predicted molar refractivity (Wildman–Crippen MR) is 68.5 cm³/mol. The molecule has 2 heterocycles. The van der Waals surface area contributed by atoms with E-state index >= 15 is 0 Å². The van der Waals surface area contributed by atoms with Crippen molar-refractivity contribution in [1.82, 2.24) is 25.3 Å². The zero-order valence-corrected chi connectivity index (χ0v) is 10.5. The normalized spacial score (nSPS) is 10.8. The zero-order valence-electron chi connectivity index (χ0n) is 10.5. The first-order chi connectivity index (χ1) is 9.16. The van der Waals surface area contributed by atoms with Gasteiger partial charge in [0.05, 0.1) is 11.9 Å². The van der Waals surface area contributed by atoms with Gasteiger partial charge in [0.2, 0.25) is 11.6 Å². The maximum Gasteiger partial charge on any atom is 0.243 e. The topological polar surface area (TPSA) is 95.6 Å². The Labute approximate surface area is 109 Å². The van der Waals surface area contributed by atoms with Gasteiger partial charge in [-0.15, -0.1) is 5.10 Å². The van der Waals surface area contributed by atoms with Crippen molar-refractivity contribution >= 4 is 5.82 Å². The molecule has 96 valence electrons. The molecule has 0 radical (unpaired) electrons. The van der Waals surface area contributed by atoms with E-state index in [-0.39, 0.29) is 5.82 Å². The first-order valence-electron chi connectivity index (χ1n) is 5.73. The minimum Gasteiger partial charge on any atom is -0.378 e. The Kier molecular flexibility index (Phi) is 2.52. The van der Waals surface area contributed by atoms with Crippen LogP contribution in [0.5, 0.6) is 0 Å². The first-order valence-corrected chi connectivity index (χ1v) is 5.73. The van der Waals surface area contributed by atoms with Gasteiger partial charge in [0.25, 0.3) is 0 Å². The molecule has 7 nitrogen and oxygen atoms in total. The number of nitrogens with two attached hydrogens (primary N) is 1. The maximum absolute atomic E-state index is 5.68. The lowest BCUT2D eigenvalue weighted by Gasteiger charge is -2.07. The summed E-state index contributed by atoms with van der Waals surface area (Å²) in [5.41, 5.74) is 9.81. The van der Waals surface area contributed by atoms with Crippen LogP contribution in [0.3, 0.4) is 0 Å². The van der Waals surface area contributed by atoms with Gasteiger partial charge < -0.3 is 5.73 Å². The van der Waals surface area contributed by atoms with Crippen molar-refractivity contribution in [2.45, 2.75) is 13.8 Å². The van der Waals surface area contributed by atoms with Crippen molar-refractivity contribution in [2.75, 3.05) is 5.73 Å². The second-order valence-electron chi connectivity index (χ2n) is 4.32. The van der Waals surface area contributed by atoms with E-state index in [1.165, 1.54) is 10.2 Å². The van der Waals surface area contributed by atoms with Crippen molar-refractivity contribution in [1.29, 1.82) is 0 Å². The molecule has 0 aliphatic heterocycles. The van der Waals surface area contributed by atoms with Crippen LogP contribution in [0.4, 0.5) is 5.82 Å². The van der Waals surface area contributed by atoms with E-state index in [9.17, 15) is 0 Å². The Balaban J connectivity index is 2.18. The molecule has 19 heavy (non-hydrogen) atoms. The summed E-state index contributed by atoms with van der Waals surface area (Å²) in [4.78, 5) is 0. The van der Waals surface area contributed by atoms with Gasteiger partial charge in [-0.1, -0.05) is 29.0 Å². The largest absolute Gasteiger partial charge is 0.378 e. The van der Waals surface area contributed by atoms with E-state index in [0.29, 0.717) is 5.82 Å². The van der Waals surface area contributed by atoms with Crippen LogP contribution in [0.2, 0.25) is 0 Å². The van der Waals surface area contributed by atoms with Gasteiger partial charge in [0.1, 0.15) is 0 Å². The Morgan fingerprint density at radius 3 is 2.74 bits per heavy atom. The van der Waals surface area contributed by atoms with Crippen LogP contribution in [0.15, 0.2) is 29.0 Å². The van der Waals surface area contributed by atoms with Crippen LogP contribution < -0.4 is 5.73 Å². The predicted octanol–water partition coefficient (Wildman–Crippen LogP) is 1.52. The molecule has 2 aromatic heterocycles. The SMILES string of the molecule is Cc1ccc(-c2cnnn2-c2nonc2N)c(C)c1. The first kappa shape index (κ1) is 11.4. The highest BCUT2D eigenvalue weighted by atomic mass is 16.6. The summed E-state index contributed by atoms with van der Waals surface area (Å²) < 4.78 is 6.11. The molecule has 3 aromatic rings. The third-order valence-electron chi connectivity index (χ3n) is 2.90. The Bertz CT molecular complexity index is 729. The van der Waals surface area contributed by atoms with Gasteiger partial charge in [0, 0.05) is 5.56 Å². The maximum atomic E-state index is 5.68. The third kappa shape index (κ3) is 1.85. The molecule has 0 aliphatic rings. The lowest BCUT2D eigenvalue weighted by molar-refractivity contribution is 0.307. The van der Waals surface area contributed by atoms with Crippen LogP contribution in [-0.2, 0) is 0 Å². The standard InChI is InChI=1S/C12H12N6O/c1-7-3-4-9(8(2)5-7)10-6-14-17-18(10)12-11(13)15-19-16-12/h3-6H,1-2H3,(H2,13,15). The minimum absolute atomic E-state index is 0.177. The number of rotatable bonds is 2. The molecule has 0 saturated carbocycles. The van der Waals surface area contributed by atoms with Crippen LogP contribution in [0, 0.1) is 13.8 Å². The summed E-state index contributed by atoms with van der Waals surface area (Å²) in [7, 11) is 0. The molecule has 0 spiro atoms. The van der Waals surface area contributed by atoms with Gasteiger partial charge in [0.15, 0.2) is 0 Å². The zero-order chi connectivity index (χ0) is 13.4. The molecule has 0 aliphatic carbocycles. The molecule has 0 atom stereocenters. The number of aromatic nitrogens is 5. The number of hydrogen-bond donors (Lipinski definition) is 1. The Morgan fingerprint density at radius 2 is 2.05 bits per heavy atom. The van der Waals surface area contributed by atoms with Gasteiger partial charge in [-0.2, -0.15) is 4.68 Å². The van der Waals surface area contributed by atoms with Gasteiger partial charge in [-0.25, -0.2) is 4.63 Å². The summed E-state index contributed by atoms with van der Waals surface area (Å²) in [5, 5.41) is 15.2. The van der Waals surface area contributed by atoms with Crippen LogP contribution >= 0.6 is 0 Å². The molecular weight excluding hydrogens is 244 g/mol. The second-order valence-corrected chi connectivity index (χ2v) is 4.32. The number of aryl methyl sites for hydroxylation is 2. The van der Waals surface area contributed by atoms with E-state index in [1.54, 1.807) is 6.20 Å². The van der Waals surface area contributed by atoms with E-state index in [2.05, 4.69) is 31.3 Å². The Hall–Kier alpha value is -2.70. The molecule has 7 heteroatoms. The second kappa shape index (κ2) is 4.20. The molecule has 0 bridgehead atoms. The van der Waals surface area contributed by atoms with Crippen molar-refractivity contribution < 1.29 is 4.63 Å². The number of anilines is 1. The highest BCUT2D eigenvalue weighted by Crippen LogP contribution is 2.26. The fraction of sp³-hybridized carbons (Fsp3) is 0.167. The van der Waals surface area contributed by atoms with E-state index < -0.39 is 0 Å². The average Bonchev–Trinajstić information content (AvgIpc) is 2.97. The Morgan fingerprint density at radius 1 is 1.21 bits per heavy atom. The molecule has 1 aromatic carbocycles. The van der Waals surface area contributed by atoms with Crippen molar-refractivity contribution in [3.8, 4) is 17.1 Å². The lowest BCUT2D eigenvalue weighted by atomic mass is 10.0. The summed E-state index contributed by atoms with van der Waals surface area (Å²) in [5.74, 6) is 0.518. The smallest absolute Gasteiger partial charge is 0.243 e. The van der Waals surface area contributed by atoms with Gasteiger partial charge in [-0.3, -0.25) is 0 Å². The van der Waals surface area contributed by atoms with Crippen molar-refractivity contribution in [3.05, 3.63) is 35.5 Å². The average molecular weight is 256 g/mol. The number of hydrogen-bond acceptors (Lipinski definition) is 6. The molecule has 0 unspecified atom stereocenters. The number of nitrogen functional groups attached to an aromatic ring is 1. The highest BCUT2D eigenvalue weighted by molar-refractivity contribution is 5.66. The van der Waals surface area contributed by atoms with Crippen molar-refractivity contribution in [3.63, 3.8) is 0 Å². The molecule has 0 fully saturated rings. The van der Waals surface area contributed by atoms with Gasteiger partial charge >= 0.3 is 0 Å². The fourth-order valence-electron chi connectivity index (χ4n) is 2.01. The molecular formula is C12H12N6O. The number of benzene rings is 1. The summed E-state index contributed by atoms with van der Waals surface area (Å²) in [6.07, 6.45) is 1.66. The van der Waals surface area contributed by atoms with Gasteiger partial charge in [-0.05, 0) is 29.7 Å². The summed E-state index contributed by atoms with van der Waals surface area (Å²) >= 11 is 0. The monoisotopic (exact) mass is 256 g/mol. The third-order valence-corrected chi connectivity index (χ3v) is 2.90. The molecule has 2 N–H and O–H groups in total. The lowest BCUT2D eigenvalue weighted by Crippen LogP contribution is -2.04. The summed E-state index contributed by atoms with van der Waals surface area (Å²) in [6, 6.07) is 6.14. The van der Waals surface area contributed by atoms with Crippen molar-refractivity contribution in [2.24, 2.45) is 0 Å². The molecule has 3 rings (SSSR count). The van der Waals surface area contributed by atoms with E-state index in [4.69, 9.17) is 5.73 Å². The fourth-order valence-corrected chi connectivity index (χ4v) is 2.01. The summed E-state index contributed by atoms with van der Waals surface area (Å²) in [6.45, 7) is 4.08. The van der Waals surface area contributed by atoms with Crippen LogP contribution in [0.25, 0.3) is 17.1 Å². The van der Waals surface area contributed by atoms with E-state index in [0.717, 1.165) is 16.8 Å². The van der Waals surface area contributed by atoms with E-state index in [1.807, 2.05) is 26.0 Å². The minimum atomic E-state index is 0.177. The molecule has 0 saturated heterocycles. The quantitative estimate of drug-likeness (QED) is 0.746.